The second-order valence-corrected chi connectivity index (χ2v) is 8.93. The van der Waals surface area contributed by atoms with E-state index in [1.807, 2.05) is 32.0 Å². The molecule has 3 aromatic rings. The number of aliphatic hydroxyl groups is 2. The first kappa shape index (κ1) is 26.9. The molecule has 5 rings (SSSR count). The highest BCUT2D eigenvalue weighted by atomic mass is 35.5. The average Bonchev–Trinajstić information content (AvgIpc) is 3.40. The Bertz CT molecular complexity index is 1130. The molecule has 0 aliphatic carbocycles. The molecular weight excluding hydrogens is 488 g/mol. The Kier molecular flexibility index (Phi) is 9.92. The third-order valence-electron chi connectivity index (χ3n) is 5.58. The van der Waals surface area contributed by atoms with Crippen LogP contribution in [0.5, 0.6) is 11.6 Å². The summed E-state index contributed by atoms with van der Waals surface area (Å²) in [5.74, 6) is 1.13. The molecule has 2 aromatic heterocycles. The molecule has 2 N–H and O–H groups in total. The first-order chi connectivity index (χ1) is 17.1. The van der Waals surface area contributed by atoms with Crippen molar-refractivity contribution in [2.75, 3.05) is 33.4 Å². The molecular formula is C26H31ClN2O5S. The predicted molar refractivity (Wildman–Crippen MR) is 140 cm³/mol. The van der Waals surface area contributed by atoms with Gasteiger partial charge in [-0.25, -0.2) is 4.98 Å². The summed E-state index contributed by atoms with van der Waals surface area (Å²) in [4.78, 5) is 19.8. The quantitative estimate of drug-likeness (QED) is 0.499. The monoisotopic (exact) mass is 518 g/mol. The summed E-state index contributed by atoms with van der Waals surface area (Å²) in [6, 6.07) is 9.42. The maximum absolute atomic E-state index is 12.8. The SMILES string of the molecule is CC.CO.O=C(c1ccc(-c2cc(-c3ccnc4c3OCCO4)cs2)c(Cl)c1)N1CCC(O)CC1. The summed E-state index contributed by atoms with van der Waals surface area (Å²) in [6.07, 6.45) is 2.63. The number of hydrogen-bond acceptors (Lipinski definition) is 7. The molecule has 1 aromatic carbocycles. The lowest BCUT2D eigenvalue weighted by Gasteiger charge is -2.29. The summed E-state index contributed by atoms with van der Waals surface area (Å²) in [7, 11) is 1.00. The summed E-state index contributed by atoms with van der Waals surface area (Å²) < 4.78 is 11.4. The van der Waals surface area contributed by atoms with Crippen LogP contribution in [0.15, 0.2) is 41.9 Å². The number of amides is 1. The number of likely N-dealkylation sites (tertiary alicyclic amines) is 1. The predicted octanol–water partition coefficient (Wildman–Crippen LogP) is 5.13. The van der Waals surface area contributed by atoms with E-state index >= 15 is 0 Å². The van der Waals surface area contributed by atoms with Gasteiger partial charge in [0.05, 0.1) is 11.1 Å². The van der Waals surface area contributed by atoms with Gasteiger partial charge in [0.2, 0.25) is 0 Å². The molecule has 0 unspecified atom stereocenters. The molecule has 7 nitrogen and oxygen atoms in total. The number of fused-ring (bicyclic) bond motifs is 1. The topological polar surface area (TPSA) is 92.1 Å². The van der Waals surface area contributed by atoms with Crippen molar-refractivity contribution in [3.63, 3.8) is 0 Å². The van der Waals surface area contributed by atoms with Crippen LogP contribution in [0.3, 0.4) is 0 Å². The number of rotatable bonds is 3. The summed E-state index contributed by atoms with van der Waals surface area (Å²) >= 11 is 8.16. The molecule has 1 fully saturated rings. The number of piperidine rings is 1. The normalized spacial score (nSPS) is 14.9. The zero-order valence-electron chi connectivity index (χ0n) is 20.2. The molecule has 2 aliphatic heterocycles. The largest absolute Gasteiger partial charge is 0.484 e. The van der Waals surface area contributed by atoms with Crippen LogP contribution < -0.4 is 9.47 Å². The molecule has 188 valence electrons. The van der Waals surface area contributed by atoms with E-state index in [9.17, 15) is 9.90 Å². The van der Waals surface area contributed by atoms with Crippen LogP contribution in [0, 0.1) is 0 Å². The van der Waals surface area contributed by atoms with Crippen molar-refractivity contribution in [2.45, 2.75) is 32.8 Å². The first-order valence-electron chi connectivity index (χ1n) is 11.7. The van der Waals surface area contributed by atoms with Crippen LogP contribution in [0.4, 0.5) is 0 Å². The van der Waals surface area contributed by atoms with Crippen molar-refractivity contribution in [2.24, 2.45) is 0 Å². The minimum atomic E-state index is -0.314. The smallest absolute Gasteiger partial charge is 0.257 e. The number of aliphatic hydroxyl groups excluding tert-OH is 2. The fourth-order valence-electron chi connectivity index (χ4n) is 3.90. The molecule has 0 saturated carbocycles. The van der Waals surface area contributed by atoms with Crippen LogP contribution in [0.1, 0.15) is 37.0 Å². The van der Waals surface area contributed by atoms with Gasteiger partial charge in [-0.1, -0.05) is 31.5 Å². The highest BCUT2D eigenvalue weighted by Crippen LogP contribution is 2.42. The van der Waals surface area contributed by atoms with Crippen molar-refractivity contribution in [3.8, 4) is 33.2 Å². The number of thiophene rings is 1. The summed E-state index contributed by atoms with van der Waals surface area (Å²) in [6.45, 7) is 6.13. The molecule has 0 spiro atoms. The molecule has 1 amide bonds. The molecule has 4 heterocycles. The van der Waals surface area contributed by atoms with Crippen LogP contribution >= 0.6 is 22.9 Å². The van der Waals surface area contributed by atoms with Gasteiger partial charge in [-0.15, -0.1) is 11.3 Å². The number of ether oxygens (including phenoxy) is 2. The zero-order chi connectivity index (χ0) is 25.4. The standard InChI is InChI=1S/C23H21ClN2O4S.C2H6.CH4O/c24-19-11-14(23(28)26-7-4-16(27)5-8-26)1-2-18(19)20-12-15(13-31-20)17-3-6-25-22-21(17)29-9-10-30-22;2*1-2/h1-3,6,11-13,16,27H,4-5,7-10H2;1-2H3;2H,1H3. The summed E-state index contributed by atoms with van der Waals surface area (Å²) in [5.41, 5.74) is 3.38. The van der Waals surface area contributed by atoms with E-state index in [1.165, 1.54) is 0 Å². The highest BCUT2D eigenvalue weighted by Gasteiger charge is 2.23. The fraction of sp³-hybridized carbons (Fsp3) is 0.385. The molecule has 35 heavy (non-hydrogen) atoms. The molecule has 1 saturated heterocycles. The summed E-state index contributed by atoms with van der Waals surface area (Å²) in [5, 5.41) is 19.2. The minimum Gasteiger partial charge on any atom is -0.484 e. The number of hydrogen-bond donors (Lipinski definition) is 2. The number of benzene rings is 1. The number of pyridine rings is 1. The number of halogens is 1. The Morgan fingerprint density at radius 1 is 1.09 bits per heavy atom. The van der Waals surface area contributed by atoms with E-state index in [0.29, 0.717) is 61.4 Å². The number of nitrogens with zero attached hydrogens (tertiary/aromatic N) is 2. The van der Waals surface area contributed by atoms with Gasteiger partial charge in [0.1, 0.15) is 13.2 Å². The van der Waals surface area contributed by atoms with Crippen molar-refractivity contribution >= 4 is 28.8 Å². The van der Waals surface area contributed by atoms with Crippen molar-refractivity contribution in [3.05, 3.63) is 52.5 Å². The number of aromatic nitrogens is 1. The molecule has 9 heteroatoms. The maximum Gasteiger partial charge on any atom is 0.257 e. The fourth-order valence-corrected chi connectivity index (χ4v) is 5.19. The minimum absolute atomic E-state index is 0.0484. The Hall–Kier alpha value is -2.65. The Morgan fingerprint density at radius 2 is 1.80 bits per heavy atom. The Balaban J connectivity index is 0.000000815. The second kappa shape index (κ2) is 12.9. The van der Waals surface area contributed by atoms with Gasteiger partial charge in [-0.05, 0) is 48.1 Å². The van der Waals surface area contributed by atoms with E-state index in [1.54, 1.807) is 28.5 Å². The second-order valence-electron chi connectivity index (χ2n) is 7.61. The molecule has 0 atom stereocenters. The lowest BCUT2D eigenvalue weighted by atomic mass is 10.0. The van der Waals surface area contributed by atoms with Gasteiger partial charge in [0.15, 0.2) is 5.75 Å². The van der Waals surface area contributed by atoms with Gasteiger partial charge in [0, 0.05) is 48.0 Å². The van der Waals surface area contributed by atoms with Crippen LogP contribution in [0.25, 0.3) is 21.6 Å². The highest BCUT2D eigenvalue weighted by molar-refractivity contribution is 7.14. The van der Waals surface area contributed by atoms with Gasteiger partial charge < -0.3 is 24.6 Å². The Labute approximate surface area is 214 Å². The number of carbonyl (C=O) groups excluding carboxylic acids is 1. The van der Waals surface area contributed by atoms with E-state index in [0.717, 1.165) is 28.7 Å². The lowest BCUT2D eigenvalue weighted by molar-refractivity contribution is 0.0546. The van der Waals surface area contributed by atoms with Crippen molar-refractivity contribution < 1.29 is 24.5 Å². The van der Waals surface area contributed by atoms with Crippen LogP contribution in [0.2, 0.25) is 5.02 Å². The maximum atomic E-state index is 12.8. The van der Waals surface area contributed by atoms with Crippen LogP contribution in [-0.2, 0) is 0 Å². The average molecular weight is 519 g/mol. The van der Waals surface area contributed by atoms with Gasteiger partial charge in [-0.3, -0.25) is 4.79 Å². The van der Waals surface area contributed by atoms with Gasteiger partial charge in [-0.2, -0.15) is 0 Å². The van der Waals surface area contributed by atoms with Crippen molar-refractivity contribution in [1.29, 1.82) is 0 Å². The van der Waals surface area contributed by atoms with E-state index < -0.39 is 0 Å². The van der Waals surface area contributed by atoms with Gasteiger partial charge >= 0.3 is 0 Å². The van der Waals surface area contributed by atoms with E-state index in [2.05, 4.69) is 16.4 Å². The number of carbonyl (C=O) groups is 1. The lowest BCUT2D eigenvalue weighted by Crippen LogP contribution is -2.40. The third kappa shape index (κ3) is 6.13. The van der Waals surface area contributed by atoms with Gasteiger partial charge in [0.25, 0.3) is 11.8 Å². The molecule has 0 bridgehead atoms. The molecule has 2 aliphatic rings. The van der Waals surface area contributed by atoms with E-state index in [4.69, 9.17) is 26.2 Å². The first-order valence-corrected chi connectivity index (χ1v) is 12.9. The zero-order valence-corrected chi connectivity index (χ0v) is 21.7. The van der Waals surface area contributed by atoms with E-state index in [-0.39, 0.29) is 12.0 Å². The van der Waals surface area contributed by atoms with Crippen molar-refractivity contribution in [1.82, 2.24) is 9.88 Å². The third-order valence-corrected chi connectivity index (χ3v) is 6.86. The molecule has 0 radical (unpaired) electrons. The van der Waals surface area contributed by atoms with Crippen LogP contribution in [-0.4, -0.2) is 65.5 Å². The Morgan fingerprint density at radius 3 is 2.51 bits per heavy atom.